The van der Waals surface area contributed by atoms with Crippen LogP contribution in [0.15, 0.2) is 18.2 Å². The first-order valence-electron chi connectivity index (χ1n) is 6.88. The molecular weight excluding hydrogens is 312 g/mol. The lowest BCUT2D eigenvalue weighted by atomic mass is 10.2. The van der Waals surface area contributed by atoms with Crippen molar-refractivity contribution in [1.29, 1.82) is 0 Å². The van der Waals surface area contributed by atoms with Crippen LogP contribution in [-0.4, -0.2) is 29.4 Å². The van der Waals surface area contributed by atoms with Gasteiger partial charge in [-0.2, -0.15) is 0 Å². The number of halogens is 1. The van der Waals surface area contributed by atoms with Gasteiger partial charge in [0.25, 0.3) is 11.6 Å². The van der Waals surface area contributed by atoms with Gasteiger partial charge >= 0.3 is 5.97 Å². The number of ether oxygens (including phenoxy) is 1. The van der Waals surface area contributed by atoms with Crippen molar-refractivity contribution < 1.29 is 19.2 Å². The maximum Gasteiger partial charge on any atom is 0.338 e. The lowest BCUT2D eigenvalue weighted by molar-refractivity contribution is -0.384. The predicted molar refractivity (Wildman–Crippen MR) is 78.8 cm³/mol. The SMILES string of the molecule is O=C(COC(=O)c1ccc(Cl)c([N+](=O)[O-])c1)NC1CCCC1. The molecule has 0 bridgehead atoms. The number of benzene rings is 1. The van der Waals surface area contributed by atoms with E-state index in [0.717, 1.165) is 31.7 Å². The molecule has 0 saturated heterocycles. The molecule has 1 aliphatic carbocycles. The summed E-state index contributed by atoms with van der Waals surface area (Å²) in [7, 11) is 0. The van der Waals surface area contributed by atoms with Crippen molar-refractivity contribution in [3.05, 3.63) is 38.9 Å². The van der Waals surface area contributed by atoms with Crippen molar-refractivity contribution in [3.63, 3.8) is 0 Å². The Hall–Kier alpha value is -2.15. The van der Waals surface area contributed by atoms with E-state index < -0.39 is 17.5 Å². The summed E-state index contributed by atoms with van der Waals surface area (Å²) < 4.78 is 4.86. The summed E-state index contributed by atoms with van der Waals surface area (Å²) >= 11 is 5.66. The largest absolute Gasteiger partial charge is 0.452 e. The van der Waals surface area contributed by atoms with E-state index in [1.54, 1.807) is 0 Å². The van der Waals surface area contributed by atoms with Crippen LogP contribution in [0.25, 0.3) is 0 Å². The second kappa shape index (κ2) is 7.22. The Kier molecular flexibility index (Phi) is 5.32. The van der Waals surface area contributed by atoms with Gasteiger partial charge in [-0.05, 0) is 25.0 Å². The minimum absolute atomic E-state index is 0.0234. The maximum absolute atomic E-state index is 11.8. The van der Waals surface area contributed by atoms with Gasteiger partial charge in [0.2, 0.25) is 0 Å². The van der Waals surface area contributed by atoms with Crippen molar-refractivity contribution in [1.82, 2.24) is 5.32 Å². The zero-order valence-electron chi connectivity index (χ0n) is 11.7. The minimum Gasteiger partial charge on any atom is -0.452 e. The first-order valence-corrected chi connectivity index (χ1v) is 7.25. The number of carbonyl (C=O) groups excluding carboxylic acids is 2. The molecule has 0 aliphatic heterocycles. The molecule has 1 saturated carbocycles. The van der Waals surface area contributed by atoms with E-state index in [9.17, 15) is 19.7 Å². The Balaban J connectivity index is 1.90. The summed E-state index contributed by atoms with van der Waals surface area (Å²) in [5.74, 6) is -1.18. The summed E-state index contributed by atoms with van der Waals surface area (Å²) in [6, 6.07) is 3.73. The molecule has 8 heteroatoms. The van der Waals surface area contributed by atoms with Gasteiger partial charge in [0, 0.05) is 12.1 Å². The van der Waals surface area contributed by atoms with Crippen LogP contribution in [0.5, 0.6) is 0 Å². The predicted octanol–water partition coefficient (Wildman–Crippen LogP) is 2.46. The first kappa shape index (κ1) is 16.2. The van der Waals surface area contributed by atoms with E-state index in [4.69, 9.17) is 16.3 Å². The minimum atomic E-state index is -0.804. The fourth-order valence-corrected chi connectivity index (χ4v) is 2.52. The van der Waals surface area contributed by atoms with Crippen molar-refractivity contribution in [2.45, 2.75) is 31.7 Å². The highest BCUT2D eigenvalue weighted by Gasteiger charge is 2.20. The van der Waals surface area contributed by atoms with E-state index in [1.165, 1.54) is 12.1 Å². The van der Waals surface area contributed by atoms with Crippen LogP contribution in [0.2, 0.25) is 5.02 Å². The van der Waals surface area contributed by atoms with Gasteiger partial charge in [0.15, 0.2) is 6.61 Å². The van der Waals surface area contributed by atoms with Crippen molar-refractivity contribution in [2.75, 3.05) is 6.61 Å². The summed E-state index contributed by atoms with van der Waals surface area (Å²) in [6.45, 7) is -0.411. The van der Waals surface area contributed by atoms with E-state index in [2.05, 4.69) is 5.32 Å². The van der Waals surface area contributed by atoms with Crippen LogP contribution in [0.1, 0.15) is 36.0 Å². The summed E-state index contributed by atoms with van der Waals surface area (Å²) in [4.78, 5) is 33.5. The van der Waals surface area contributed by atoms with Gasteiger partial charge in [-0.1, -0.05) is 24.4 Å². The van der Waals surface area contributed by atoms with Gasteiger partial charge in [0.05, 0.1) is 10.5 Å². The van der Waals surface area contributed by atoms with Crippen molar-refractivity contribution >= 4 is 29.2 Å². The molecule has 0 heterocycles. The standard InChI is InChI=1S/C14H15ClN2O5/c15-11-6-5-9(7-12(11)17(20)21)14(19)22-8-13(18)16-10-3-1-2-4-10/h5-7,10H,1-4,8H2,(H,16,18). The Morgan fingerprint density at radius 3 is 2.68 bits per heavy atom. The van der Waals surface area contributed by atoms with Gasteiger partial charge in [-0.15, -0.1) is 0 Å². The number of nitrogens with zero attached hydrogens (tertiary/aromatic N) is 1. The third kappa shape index (κ3) is 4.17. The molecule has 1 N–H and O–H groups in total. The molecule has 2 rings (SSSR count). The van der Waals surface area contributed by atoms with Crippen LogP contribution < -0.4 is 5.32 Å². The molecule has 1 amide bonds. The van der Waals surface area contributed by atoms with Crippen LogP contribution in [-0.2, 0) is 9.53 Å². The van der Waals surface area contributed by atoms with Gasteiger partial charge < -0.3 is 10.1 Å². The normalized spacial score (nSPS) is 14.6. The van der Waals surface area contributed by atoms with E-state index in [0.29, 0.717) is 0 Å². The van der Waals surface area contributed by atoms with E-state index in [1.807, 2.05) is 0 Å². The molecule has 1 aromatic rings. The Morgan fingerprint density at radius 1 is 1.36 bits per heavy atom. The Bertz CT molecular complexity index is 599. The molecule has 1 aromatic carbocycles. The zero-order valence-corrected chi connectivity index (χ0v) is 12.5. The molecule has 0 atom stereocenters. The molecular formula is C14H15ClN2O5. The molecule has 7 nitrogen and oxygen atoms in total. The number of nitro benzene ring substituents is 1. The average Bonchev–Trinajstić information content (AvgIpc) is 2.97. The first-order chi connectivity index (χ1) is 10.5. The number of rotatable bonds is 5. The van der Waals surface area contributed by atoms with Crippen LogP contribution in [0, 0.1) is 10.1 Å². The van der Waals surface area contributed by atoms with Gasteiger partial charge in [-0.25, -0.2) is 4.79 Å². The van der Waals surface area contributed by atoms with Crippen LogP contribution in [0.3, 0.4) is 0 Å². The highest BCUT2D eigenvalue weighted by atomic mass is 35.5. The third-order valence-electron chi connectivity index (χ3n) is 3.43. The van der Waals surface area contributed by atoms with Gasteiger partial charge in [0.1, 0.15) is 5.02 Å². The third-order valence-corrected chi connectivity index (χ3v) is 3.75. The number of nitrogens with one attached hydrogen (secondary N) is 1. The second-order valence-corrected chi connectivity index (χ2v) is 5.46. The maximum atomic E-state index is 11.8. The smallest absolute Gasteiger partial charge is 0.338 e. The zero-order chi connectivity index (χ0) is 16.1. The molecule has 1 aliphatic rings. The van der Waals surface area contributed by atoms with Crippen molar-refractivity contribution in [3.8, 4) is 0 Å². The monoisotopic (exact) mass is 326 g/mol. The summed E-state index contributed by atoms with van der Waals surface area (Å²) in [5.41, 5.74) is -0.406. The average molecular weight is 327 g/mol. The lowest BCUT2D eigenvalue weighted by Crippen LogP contribution is -2.35. The highest BCUT2D eigenvalue weighted by Crippen LogP contribution is 2.25. The topological polar surface area (TPSA) is 98.5 Å². The molecule has 0 spiro atoms. The van der Waals surface area contributed by atoms with Crippen LogP contribution >= 0.6 is 11.6 Å². The molecule has 0 aromatic heterocycles. The van der Waals surface area contributed by atoms with E-state index >= 15 is 0 Å². The number of amides is 1. The molecule has 0 unspecified atom stereocenters. The van der Waals surface area contributed by atoms with E-state index in [-0.39, 0.29) is 28.2 Å². The number of carbonyl (C=O) groups is 2. The molecule has 0 radical (unpaired) electrons. The molecule has 118 valence electrons. The summed E-state index contributed by atoms with van der Waals surface area (Å²) in [6.07, 6.45) is 4.03. The fourth-order valence-electron chi connectivity index (χ4n) is 2.33. The number of hydrogen-bond donors (Lipinski definition) is 1. The quantitative estimate of drug-likeness (QED) is 0.509. The van der Waals surface area contributed by atoms with Gasteiger partial charge in [-0.3, -0.25) is 14.9 Å². The number of nitro groups is 1. The Labute approximate surface area is 131 Å². The van der Waals surface area contributed by atoms with Crippen LogP contribution in [0.4, 0.5) is 5.69 Å². The molecule has 22 heavy (non-hydrogen) atoms. The second-order valence-electron chi connectivity index (χ2n) is 5.05. The lowest BCUT2D eigenvalue weighted by Gasteiger charge is -2.11. The Morgan fingerprint density at radius 2 is 2.05 bits per heavy atom. The number of hydrogen-bond acceptors (Lipinski definition) is 5. The van der Waals surface area contributed by atoms with Crippen molar-refractivity contribution in [2.24, 2.45) is 0 Å². The number of esters is 1. The summed E-state index contributed by atoms with van der Waals surface area (Å²) in [5, 5.41) is 13.5. The molecule has 1 fully saturated rings. The highest BCUT2D eigenvalue weighted by molar-refractivity contribution is 6.32. The fraction of sp³-hybridized carbons (Fsp3) is 0.429.